The van der Waals surface area contributed by atoms with Gasteiger partial charge < -0.3 is 5.11 Å². The summed E-state index contributed by atoms with van der Waals surface area (Å²) in [6.45, 7) is 1.60. The zero-order valence-corrected chi connectivity index (χ0v) is 10.1. The highest BCUT2D eigenvalue weighted by Crippen LogP contribution is 2.24. The van der Waals surface area contributed by atoms with Gasteiger partial charge in [-0.2, -0.15) is 0 Å². The predicted molar refractivity (Wildman–Crippen MR) is 62.6 cm³/mol. The number of rotatable bonds is 3. The number of terminal acetylenes is 1. The summed E-state index contributed by atoms with van der Waals surface area (Å²) < 4.78 is 22.4. The average Bonchev–Trinajstić information content (AvgIpc) is 2.16. The van der Waals surface area contributed by atoms with Crippen LogP contribution in [0, 0.1) is 12.3 Å². The number of hydrogen-bond acceptors (Lipinski definition) is 3. The summed E-state index contributed by atoms with van der Waals surface area (Å²) in [7, 11) is -3.20. The summed E-state index contributed by atoms with van der Waals surface area (Å²) in [5, 5.41) is 9.99. The first-order valence-electron chi connectivity index (χ1n) is 4.74. The van der Waals surface area contributed by atoms with Gasteiger partial charge in [0.15, 0.2) is 9.84 Å². The van der Waals surface area contributed by atoms with Gasteiger partial charge in [0, 0.05) is 12.7 Å². The molecule has 0 aliphatic heterocycles. The van der Waals surface area contributed by atoms with Gasteiger partial charge in [-0.15, -0.1) is 12.3 Å². The van der Waals surface area contributed by atoms with Crippen LogP contribution in [-0.2, 0) is 15.4 Å². The minimum Gasteiger partial charge on any atom is -0.384 e. The zero-order chi connectivity index (χ0) is 12.4. The highest BCUT2D eigenvalue weighted by atomic mass is 32.2. The molecule has 4 heteroatoms. The molecule has 1 unspecified atom stereocenters. The second-order valence-electron chi connectivity index (χ2n) is 3.95. The van der Waals surface area contributed by atoms with Crippen molar-refractivity contribution in [1.82, 2.24) is 0 Å². The van der Waals surface area contributed by atoms with Crippen LogP contribution in [0.4, 0.5) is 0 Å². The maximum atomic E-state index is 11.2. The van der Waals surface area contributed by atoms with Gasteiger partial charge in [0.05, 0.1) is 10.5 Å². The quantitative estimate of drug-likeness (QED) is 0.808. The monoisotopic (exact) mass is 238 g/mol. The third kappa shape index (κ3) is 2.84. The fourth-order valence-corrected chi connectivity index (χ4v) is 1.99. The molecule has 0 bridgehead atoms. The molecular weight excluding hydrogens is 224 g/mol. The second kappa shape index (κ2) is 4.28. The Morgan fingerprint density at radius 3 is 2.25 bits per heavy atom. The molecule has 0 heterocycles. The van der Waals surface area contributed by atoms with Gasteiger partial charge in [0.1, 0.15) is 0 Å². The smallest absolute Gasteiger partial charge is 0.175 e. The lowest BCUT2D eigenvalue weighted by molar-refractivity contribution is 0.0629. The molecule has 16 heavy (non-hydrogen) atoms. The molecule has 0 saturated heterocycles. The molecule has 1 aromatic carbocycles. The van der Waals surface area contributed by atoms with Gasteiger partial charge in [-0.25, -0.2) is 8.42 Å². The molecule has 0 amide bonds. The van der Waals surface area contributed by atoms with Crippen molar-refractivity contribution in [2.75, 3.05) is 6.26 Å². The number of hydrogen-bond donors (Lipinski definition) is 1. The van der Waals surface area contributed by atoms with Crippen molar-refractivity contribution in [3.05, 3.63) is 29.8 Å². The van der Waals surface area contributed by atoms with E-state index >= 15 is 0 Å². The molecular formula is C12H14O3S. The number of benzene rings is 1. The van der Waals surface area contributed by atoms with Crippen LogP contribution < -0.4 is 0 Å². The van der Waals surface area contributed by atoms with Crippen LogP contribution in [0.3, 0.4) is 0 Å². The Balaban J connectivity index is 3.10. The third-order valence-electron chi connectivity index (χ3n) is 2.35. The molecule has 0 radical (unpaired) electrons. The molecule has 1 atom stereocenters. The lowest BCUT2D eigenvalue weighted by Gasteiger charge is -2.21. The highest BCUT2D eigenvalue weighted by Gasteiger charge is 2.22. The molecule has 1 rings (SSSR count). The van der Waals surface area contributed by atoms with E-state index in [2.05, 4.69) is 5.92 Å². The number of sulfone groups is 1. The summed E-state index contributed by atoms with van der Waals surface area (Å²) in [6.07, 6.45) is 6.47. The van der Waals surface area contributed by atoms with Crippen molar-refractivity contribution in [2.45, 2.75) is 23.8 Å². The lowest BCUT2D eigenvalue weighted by Crippen LogP contribution is -2.20. The average molecular weight is 238 g/mol. The van der Waals surface area contributed by atoms with Crippen molar-refractivity contribution >= 4 is 9.84 Å². The van der Waals surface area contributed by atoms with E-state index in [1.807, 2.05) is 0 Å². The predicted octanol–water partition coefficient (Wildman–Crippen LogP) is 1.32. The van der Waals surface area contributed by atoms with Gasteiger partial charge >= 0.3 is 0 Å². The fraction of sp³-hybridized carbons (Fsp3) is 0.333. The molecule has 0 aromatic heterocycles. The van der Waals surface area contributed by atoms with Crippen LogP contribution in [0.5, 0.6) is 0 Å². The topological polar surface area (TPSA) is 54.4 Å². The molecule has 0 fully saturated rings. The summed E-state index contributed by atoms with van der Waals surface area (Å²) in [5.41, 5.74) is -0.511. The van der Waals surface area contributed by atoms with E-state index in [1.54, 1.807) is 19.1 Å². The SMILES string of the molecule is C#CCC(C)(O)c1ccc(S(C)(=O)=O)cc1. The fourth-order valence-electron chi connectivity index (χ4n) is 1.36. The summed E-state index contributed by atoms with van der Waals surface area (Å²) in [6, 6.07) is 6.09. The van der Waals surface area contributed by atoms with Crippen LogP contribution in [0.2, 0.25) is 0 Å². The van der Waals surface area contributed by atoms with E-state index in [0.29, 0.717) is 5.56 Å². The first kappa shape index (κ1) is 12.8. The standard InChI is InChI=1S/C12H14O3S/c1-4-9-12(2,13)10-5-7-11(8-6-10)16(3,14)15/h1,5-8,13H,9H2,2-3H3. The minimum atomic E-state index is -3.20. The Labute approximate surface area is 96.0 Å². The first-order chi connectivity index (χ1) is 7.27. The van der Waals surface area contributed by atoms with Crippen LogP contribution in [0.15, 0.2) is 29.2 Å². The summed E-state index contributed by atoms with van der Waals surface area (Å²) in [5.74, 6) is 2.38. The largest absolute Gasteiger partial charge is 0.384 e. The van der Waals surface area contributed by atoms with Gasteiger partial charge in [-0.05, 0) is 24.6 Å². The van der Waals surface area contributed by atoms with E-state index in [0.717, 1.165) is 6.26 Å². The van der Waals surface area contributed by atoms with Gasteiger partial charge in [0.2, 0.25) is 0 Å². The molecule has 0 saturated carbocycles. The molecule has 0 aliphatic carbocycles. The van der Waals surface area contributed by atoms with E-state index in [-0.39, 0.29) is 11.3 Å². The van der Waals surface area contributed by atoms with Crippen LogP contribution in [0.1, 0.15) is 18.9 Å². The van der Waals surface area contributed by atoms with Crippen molar-refractivity contribution in [3.63, 3.8) is 0 Å². The normalized spacial score (nSPS) is 15.1. The molecule has 3 nitrogen and oxygen atoms in total. The maximum Gasteiger partial charge on any atom is 0.175 e. The molecule has 1 aromatic rings. The molecule has 0 spiro atoms. The van der Waals surface area contributed by atoms with Crippen molar-refractivity contribution in [2.24, 2.45) is 0 Å². The maximum absolute atomic E-state index is 11.2. The van der Waals surface area contributed by atoms with Gasteiger partial charge in [-0.3, -0.25) is 0 Å². The van der Waals surface area contributed by atoms with Crippen LogP contribution in [0.25, 0.3) is 0 Å². The Bertz CT molecular complexity index is 504. The van der Waals surface area contributed by atoms with E-state index in [1.165, 1.54) is 12.1 Å². The third-order valence-corrected chi connectivity index (χ3v) is 3.48. The Kier molecular flexibility index (Phi) is 3.41. The van der Waals surface area contributed by atoms with Crippen molar-refractivity contribution in [3.8, 4) is 12.3 Å². The Hall–Kier alpha value is -1.31. The summed E-state index contributed by atoms with van der Waals surface area (Å²) in [4.78, 5) is 0.229. The van der Waals surface area contributed by atoms with Crippen LogP contribution in [-0.4, -0.2) is 19.8 Å². The van der Waals surface area contributed by atoms with E-state index in [4.69, 9.17) is 6.42 Å². The van der Waals surface area contributed by atoms with Crippen LogP contribution >= 0.6 is 0 Å². The molecule has 86 valence electrons. The number of aliphatic hydroxyl groups is 1. The first-order valence-corrected chi connectivity index (χ1v) is 6.63. The van der Waals surface area contributed by atoms with Crippen molar-refractivity contribution < 1.29 is 13.5 Å². The minimum absolute atomic E-state index is 0.186. The Morgan fingerprint density at radius 1 is 1.38 bits per heavy atom. The Morgan fingerprint density at radius 2 is 1.88 bits per heavy atom. The second-order valence-corrected chi connectivity index (χ2v) is 5.97. The van der Waals surface area contributed by atoms with E-state index < -0.39 is 15.4 Å². The zero-order valence-electron chi connectivity index (χ0n) is 9.27. The molecule has 0 aliphatic rings. The van der Waals surface area contributed by atoms with Crippen molar-refractivity contribution in [1.29, 1.82) is 0 Å². The van der Waals surface area contributed by atoms with E-state index in [9.17, 15) is 13.5 Å². The lowest BCUT2D eigenvalue weighted by atomic mass is 9.93. The van der Waals surface area contributed by atoms with Gasteiger partial charge in [0.25, 0.3) is 0 Å². The summed E-state index contributed by atoms with van der Waals surface area (Å²) >= 11 is 0. The highest BCUT2D eigenvalue weighted by molar-refractivity contribution is 7.90. The van der Waals surface area contributed by atoms with Gasteiger partial charge in [-0.1, -0.05) is 12.1 Å². The molecule has 1 N–H and O–H groups in total.